The lowest BCUT2D eigenvalue weighted by Gasteiger charge is -2.19. The van der Waals surface area contributed by atoms with Crippen LogP contribution in [0.4, 0.5) is 5.69 Å². The first-order chi connectivity index (χ1) is 9.84. The number of hydrogen-bond acceptors (Lipinski definition) is 3. The zero-order valence-corrected chi connectivity index (χ0v) is 13.6. The topological polar surface area (TPSA) is 61.4 Å². The lowest BCUT2D eigenvalue weighted by atomic mass is 9.97. The fraction of sp³-hybridized carbons (Fsp3) is 0.588. The molecule has 4 nitrogen and oxygen atoms in total. The molecule has 1 aromatic carbocycles. The fourth-order valence-electron chi connectivity index (χ4n) is 1.85. The highest BCUT2D eigenvalue weighted by Crippen LogP contribution is 2.16. The van der Waals surface area contributed by atoms with Gasteiger partial charge in [0.2, 0.25) is 5.91 Å². The predicted molar refractivity (Wildman–Crippen MR) is 87.4 cm³/mol. The van der Waals surface area contributed by atoms with Crippen molar-refractivity contribution in [2.24, 2.45) is 5.41 Å². The number of hydrogen-bond donors (Lipinski definition) is 3. The van der Waals surface area contributed by atoms with E-state index in [9.17, 15) is 4.79 Å². The monoisotopic (exact) mass is 292 g/mol. The van der Waals surface area contributed by atoms with Crippen LogP contribution in [0.3, 0.4) is 0 Å². The van der Waals surface area contributed by atoms with Crippen molar-refractivity contribution in [3.63, 3.8) is 0 Å². The molecule has 0 saturated carbocycles. The Bertz CT molecular complexity index is 431. The van der Waals surface area contributed by atoms with Crippen molar-refractivity contribution in [2.45, 2.75) is 46.6 Å². The molecule has 0 fully saturated rings. The van der Waals surface area contributed by atoms with Gasteiger partial charge < -0.3 is 15.7 Å². The lowest BCUT2D eigenvalue weighted by molar-refractivity contribution is -0.121. The SMILES string of the molecule is CCC(CO)NC(=O)Cc1ccc(NCC(C)(C)C)cc1. The third-order valence-corrected chi connectivity index (χ3v) is 3.22. The molecule has 0 aliphatic carbocycles. The molecule has 1 rings (SSSR count). The van der Waals surface area contributed by atoms with Gasteiger partial charge in [0.05, 0.1) is 19.1 Å². The van der Waals surface area contributed by atoms with Gasteiger partial charge in [-0.3, -0.25) is 4.79 Å². The molecule has 0 bridgehead atoms. The minimum atomic E-state index is -0.148. The van der Waals surface area contributed by atoms with Crippen LogP contribution in [0.25, 0.3) is 0 Å². The third kappa shape index (κ3) is 7.14. The Morgan fingerprint density at radius 3 is 2.33 bits per heavy atom. The van der Waals surface area contributed by atoms with Crippen molar-refractivity contribution in [1.82, 2.24) is 5.32 Å². The molecule has 4 heteroatoms. The Kier molecular flexibility index (Phi) is 6.69. The van der Waals surface area contributed by atoms with Gasteiger partial charge in [-0.2, -0.15) is 0 Å². The van der Waals surface area contributed by atoms with E-state index in [0.29, 0.717) is 6.42 Å². The molecule has 0 aliphatic heterocycles. The van der Waals surface area contributed by atoms with E-state index in [4.69, 9.17) is 5.11 Å². The second kappa shape index (κ2) is 8.03. The number of benzene rings is 1. The van der Waals surface area contributed by atoms with Crippen LogP contribution < -0.4 is 10.6 Å². The van der Waals surface area contributed by atoms with Gasteiger partial charge >= 0.3 is 0 Å². The second-order valence-corrected chi connectivity index (χ2v) is 6.64. The number of carbonyl (C=O) groups excluding carboxylic acids is 1. The van der Waals surface area contributed by atoms with E-state index in [-0.39, 0.29) is 24.0 Å². The van der Waals surface area contributed by atoms with Crippen molar-refractivity contribution in [3.8, 4) is 0 Å². The number of amides is 1. The fourth-order valence-corrected chi connectivity index (χ4v) is 1.85. The van der Waals surface area contributed by atoms with Gasteiger partial charge in [0.1, 0.15) is 0 Å². The average molecular weight is 292 g/mol. The number of aliphatic hydroxyl groups is 1. The standard InChI is InChI=1S/C17H28N2O2/c1-5-14(11-20)19-16(21)10-13-6-8-15(9-7-13)18-12-17(2,3)4/h6-9,14,18,20H,5,10-12H2,1-4H3,(H,19,21). The molecular weight excluding hydrogens is 264 g/mol. The first-order valence-electron chi connectivity index (χ1n) is 7.57. The smallest absolute Gasteiger partial charge is 0.224 e. The van der Waals surface area contributed by atoms with E-state index in [1.807, 2.05) is 31.2 Å². The Morgan fingerprint density at radius 1 is 1.24 bits per heavy atom. The maximum atomic E-state index is 11.8. The van der Waals surface area contributed by atoms with E-state index >= 15 is 0 Å². The van der Waals surface area contributed by atoms with Crippen LogP contribution in [-0.2, 0) is 11.2 Å². The van der Waals surface area contributed by atoms with Crippen molar-refractivity contribution in [1.29, 1.82) is 0 Å². The number of nitrogens with one attached hydrogen (secondary N) is 2. The largest absolute Gasteiger partial charge is 0.394 e. The van der Waals surface area contributed by atoms with Crippen molar-refractivity contribution in [3.05, 3.63) is 29.8 Å². The Balaban J connectivity index is 2.49. The quantitative estimate of drug-likeness (QED) is 0.724. The minimum Gasteiger partial charge on any atom is -0.394 e. The summed E-state index contributed by atoms with van der Waals surface area (Å²) in [6, 6.07) is 7.77. The first kappa shape index (κ1) is 17.5. The normalized spacial score (nSPS) is 12.8. The van der Waals surface area contributed by atoms with Gasteiger partial charge in [0.15, 0.2) is 0 Å². The summed E-state index contributed by atoms with van der Waals surface area (Å²) in [6.45, 7) is 9.38. The van der Waals surface area contributed by atoms with Crippen molar-refractivity contribution in [2.75, 3.05) is 18.5 Å². The van der Waals surface area contributed by atoms with Gasteiger partial charge in [-0.1, -0.05) is 39.8 Å². The molecule has 118 valence electrons. The molecule has 1 aromatic rings. The van der Waals surface area contributed by atoms with Crippen LogP contribution in [0.5, 0.6) is 0 Å². The summed E-state index contributed by atoms with van der Waals surface area (Å²) in [5.41, 5.74) is 2.27. The van der Waals surface area contributed by atoms with E-state index in [0.717, 1.165) is 24.2 Å². The third-order valence-electron chi connectivity index (χ3n) is 3.22. The molecule has 0 heterocycles. The molecule has 1 unspecified atom stereocenters. The predicted octanol–water partition coefficient (Wildman–Crippen LogP) is 2.57. The summed E-state index contributed by atoms with van der Waals surface area (Å²) in [5.74, 6) is -0.0497. The maximum absolute atomic E-state index is 11.8. The summed E-state index contributed by atoms with van der Waals surface area (Å²) in [4.78, 5) is 11.8. The van der Waals surface area contributed by atoms with Crippen LogP contribution in [0.2, 0.25) is 0 Å². The summed E-state index contributed by atoms with van der Waals surface area (Å²) in [7, 11) is 0. The van der Waals surface area contributed by atoms with E-state index in [1.165, 1.54) is 0 Å². The van der Waals surface area contributed by atoms with Gasteiger partial charge in [0, 0.05) is 12.2 Å². The molecule has 21 heavy (non-hydrogen) atoms. The van der Waals surface area contributed by atoms with E-state index in [1.54, 1.807) is 0 Å². The number of aliphatic hydroxyl groups excluding tert-OH is 1. The number of anilines is 1. The first-order valence-corrected chi connectivity index (χ1v) is 7.57. The van der Waals surface area contributed by atoms with Crippen LogP contribution in [0, 0.1) is 5.41 Å². The summed E-state index contributed by atoms with van der Waals surface area (Å²) in [5, 5.41) is 15.3. The highest BCUT2D eigenvalue weighted by molar-refractivity contribution is 5.79. The molecular formula is C17H28N2O2. The Morgan fingerprint density at radius 2 is 1.86 bits per heavy atom. The molecule has 0 radical (unpaired) electrons. The molecule has 0 spiro atoms. The second-order valence-electron chi connectivity index (χ2n) is 6.64. The van der Waals surface area contributed by atoms with E-state index < -0.39 is 0 Å². The number of rotatable bonds is 7. The van der Waals surface area contributed by atoms with Gasteiger partial charge in [-0.05, 0) is 29.5 Å². The summed E-state index contributed by atoms with van der Waals surface area (Å²) in [6.07, 6.45) is 1.08. The highest BCUT2D eigenvalue weighted by Gasteiger charge is 2.11. The molecule has 0 aliphatic rings. The van der Waals surface area contributed by atoms with Gasteiger partial charge in [-0.25, -0.2) is 0 Å². The van der Waals surface area contributed by atoms with Crippen LogP contribution in [0.1, 0.15) is 39.7 Å². The lowest BCUT2D eigenvalue weighted by Crippen LogP contribution is -2.37. The van der Waals surface area contributed by atoms with Gasteiger partial charge in [0.25, 0.3) is 0 Å². The Labute approximate surface area is 128 Å². The molecule has 0 aromatic heterocycles. The van der Waals surface area contributed by atoms with E-state index in [2.05, 4.69) is 31.4 Å². The average Bonchev–Trinajstić information content (AvgIpc) is 2.43. The minimum absolute atomic E-state index is 0.0160. The van der Waals surface area contributed by atoms with Crippen LogP contribution in [-0.4, -0.2) is 30.2 Å². The highest BCUT2D eigenvalue weighted by atomic mass is 16.3. The number of carbonyl (C=O) groups is 1. The maximum Gasteiger partial charge on any atom is 0.224 e. The van der Waals surface area contributed by atoms with Crippen LogP contribution in [0.15, 0.2) is 24.3 Å². The van der Waals surface area contributed by atoms with Crippen LogP contribution >= 0.6 is 0 Å². The molecule has 1 atom stereocenters. The van der Waals surface area contributed by atoms with Crippen molar-refractivity contribution >= 4 is 11.6 Å². The molecule has 1 amide bonds. The molecule has 0 saturated heterocycles. The molecule has 3 N–H and O–H groups in total. The summed E-state index contributed by atoms with van der Waals surface area (Å²) < 4.78 is 0. The zero-order chi connectivity index (χ0) is 15.9. The summed E-state index contributed by atoms with van der Waals surface area (Å²) >= 11 is 0. The van der Waals surface area contributed by atoms with Gasteiger partial charge in [-0.15, -0.1) is 0 Å². The Hall–Kier alpha value is -1.55. The zero-order valence-electron chi connectivity index (χ0n) is 13.6. The van der Waals surface area contributed by atoms with Crippen molar-refractivity contribution < 1.29 is 9.90 Å².